The molecule has 3 aromatic carbocycles. The average Bonchev–Trinajstić information content (AvgIpc) is 2.98. The van der Waals surface area contributed by atoms with Gasteiger partial charge in [0.25, 0.3) is 0 Å². The third-order valence-electron chi connectivity index (χ3n) is 6.79. The van der Waals surface area contributed by atoms with E-state index in [-0.39, 0.29) is 24.6 Å². The van der Waals surface area contributed by atoms with E-state index in [1.165, 1.54) is 31.3 Å². The van der Waals surface area contributed by atoms with Crippen LogP contribution in [0.4, 0.5) is 5.69 Å². The molecule has 12 heteroatoms. The van der Waals surface area contributed by atoms with Gasteiger partial charge in [0, 0.05) is 35.6 Å². The van der Waals surface area contributed by atoms with Gasteiger partial charge >= 0.3 is 0 Å². The largest absolute Gasteiger partial charge is 0.493 e. The summed E-state index contributed by atoms with van der Waals surface area (Å²) in [5, 5.41) is 3.68. The van der Waals surface area contributed by atoms with Crippen LogP contribution in [0.2, 0.25) is 10.0 Å². The van der Waals surface area contributed by atoms with Crippen molar-refractivity contribution in [3.8, 4) is 11.5 Å². The number of halogens is 2. The standard InChI is InChI=1S/C31H37Cl2N3O6S/c1-5-6-16-34-31(38)27(17-22-10-8-7-9-11-22)35(20-23-12-13-24(32)18-26(23)33)30(37)21-36(43(4,39)40)25-14-15-28(41-2)29(19-25)42-3/h7-15,18-19,27H,5-6,16-17,20-21H2,1-4H3,(H,34,38). The number of carbonyl (C=O) groups excluding carboxylic acids is 2. The zero-order chi connectivity index (χ0) is 31.6. The minimum absolute atomic E-state index is 0.0585. The summed E-state index contributed by atoms with van der Waals surface area (Å²) in [5.74, 6) is -0.259. The maximum absolute atomic E-state index is 14.2. The molecule has 0 aliphatic carbocycles. The van der Waals surface area contributed by atoms with Crippen LogP contribution in [0, 0.1) is 0 Å². The van der Waals surface area contributed by atoms with Crippen LogP contribution in [0.5, 0.6) is 11.5 Å². The number of rotatable bonds is 15. The number of hydrogen-bond acceptors (Lipinski definition) is 6. The molecule has 232 valence electrons. The highest BCUT2D eigenvalue weighted by Gasteiger charge is 2.33. The number of hydrogen-bond donors (Lipinski definition) is 1. The summed E-state index contributed by atoms with van der Waals surface area (Å²) in [4.78, 5) is 29.3. The van der Waals surface area contributed by atoms with Crippen molar-refractivity contribution < 1.29 is 27.5 Å². The molecular formula is C31H37Cl2N3O6S. The third kappa shape index (κ3) is 9.51. The van der Waals surface area contributed by atoms with Gasteiger partial charge in [0.15, 0.2) is 11.5 Å². The fourth-order valence-electron chi connectivity index (χ4n) is 4.49. The molecule has 43 heavy (non-hydrogen) atoms. The molecule has 1 atom stereocenters. The Morgan fingerprint density at radius 1 is 0.953 bits per heavy atom. The van der Waals surface area contributed by atoms with Crippen LogP contribution in [0.15, 0.2) is 66.7 Å². The number of nitrogens with zero attached hydrogens (tertiary/aromatic N) is 2. The molecule has 0 heterocycles. The molecule has 0 fully saturated rings. The van der Waals surface area contributed by atoms with Crippen LogP contribution in [0.1, 0.15) is 30.9 Å². The monoisotopic (exact) mass is 649 g/mol. The summed E-state index contributed by atoms with van der Waals surface area (Å²) in [5.41, 5.74) is 1.58. The molecule has 0 bridgehead atoms. The van der Waals surface area contributed by atoms with Crippen LogP contribution in [-0.4, -0.2) is 64.7 Å². The van der Waals surface area contributed by atoms with E-state index in [4.69, 9.17) is 32.7 Å². The summed E-state index contributed by atoms with van der Waals surface area (Å²) in [6, 6.07) is 17.8. The number of sulfonamides is 1. The lowest BCUT2D eigenvalue weighted by molar-refractivity contribution is -0.140. The van der Waals surface area contributed by atoms with Crippen molar-refractivity contribution in [3.63, 3.8) is 0 Å². The smallest absolute Gasteiger partial charge is 0.244 e. The Balaban J connectivity index is 2.09. The summed E-state index contributed by atoms with van der Waals surface area (Å²) in [6.07, 6.45) is 2.85. The normalized spacial score (nSPS) is 11.9. The molecule has 0 spiro atoms. The van der Waals surface area contributed by atoms with Gasteiger partial charge in [0.05, 0.1) is 26.2 Å². The van der Waals surface area contributed by atoms with Crippen LogP contribution in [0.3, 0.4) is 0 Å². The van der Waals surface area contributed by atoms with Crippen molar-refractivity contribution in [1.29, 1.82) is 0 Å². The second-order valence-electron chi connectivity index (χ2n) is 9.92. The van der Waals surface area contributed by atoms with Crippen LogP contribution in [-0.2, 0) is 32.6 Å². The Bertz CT molecular complexity index is 1500. The Labute approximate surface area is 263 Å². The van der Waals surface area contributed by atoms with Gasteiger partial charge < -0.3 is 19.7 Å². The number of anilines is 1. The Morgan fingerprint density at radius 3 is 2.26 bits per heavy atom. The van der Waals surface area contributed by atoms with E-state index in [2.05, 4.69) is 5.32 Å². The molecular weight excluding hydrogens is 613 g/mol. The van der Waals surface area contributed by atoms with Crippen molar-refractivity contribution in [1.82, 2.24) is 10.2 Å². The van der Waals surface area contributed by atoms with Gasteiger partial charge in [-0.25, -0.2) is 8.42 Å². The number of ether oxygens (including phenoxy) is 2. The lowest BCUT2D eigenvalue weighted by Crippen LogP contribution is -2.53. The summed E-state index contributed by atoms with van der Waals surface area (Å²) < 4.78 is 37.7. The summed E-state index contributed by atoms with van der Waals surface area (Å²) in [7, 11) is -1.06. The molecule has 0 saturated heterocycles. The fourth-order valence-corrected chi connectivity index (χ4v) is 5.80. The van der Waals surface area contributed by atoms with E-state index < -0.39 is 28.5 Å². The summed E-state index contributed by atoms with van der Waals surface area (Å²) in [6.45, 7) is 1.81. The number of methoxy groups -OCH3 is 2. The van der Waals surface area contributed by atoms with Gasteiger partial charge in [-0.2, -0.15) is 0 Å². The predicted molar refractivity (Wildman–Crippen MR) is 171 cm³/mol. The highest BCUT2D eigenvalue weighted by Crippen LogP contribution is 2.33. The maximum atomic E-state index is 14.2. The number of nitrogens with one attached hydrogen (secondary N) is 1. The zero-order valence-corrected chi connectivity index (χ0v) is 27.0. The lowest BCUT2D eigenvalue weighted by atomic mass is 10.0. The first kappa shape index (κ1) is 34.0. The molecule has 0 saturated carbocycles. The van der Waals surface area contributed by atoms with Crippen LogP contribution in [0.25, 0.3) is 0 Å². The van der Waals surface area contributed by atoms with Gasteiger partial charge in [-0.15, -0.1) is 0 Å². The van der Waals surface area contributed by atoms with Crippen molar-refractivity contribution in [3.05, 3.63) is 87.9 Å². The molecule has 9 nitrogen and oxygen atoms in total. The first-order chi connectivity index (χ1) is 20.5. The fraction of sp³-hybridized carbons (Fsp3) is 0.355. The van der Waals surface area contributed by atoms with E-state index >= 15 is 0 Å². The first-order valence-electron chi connectivity index (χ1n) is 13.7. The molecule has 3 rings (SSSR count). The minimum atomic E-state index is -3.95. The van der Waals surface area contributed by atoms with Gasteiger partial charge in [0.2, 0.25) is 21.8 Å². The molecule has 2 amide bonds. The van der Waals surface area contributed by atoms with Crippen molar-refractivity contribution in [2.75, 3.05) is 37.9 Å². The van der Waals surface area contributed by atoms with E-state index in [1.807, 2.05) is 37.3 Å². The number of carbonyl (C=O) groups is 2. The van der Waals surface area contributed by atoms with Crippen LogP contribution < -0.4 is 19.1 Å². The van der Waals surface area contributed by atoms with Gasteiger partial charge in [-0.05, 0) is 41.8 Å². The first-order valence-corrected chi connectivity index (χ1v) is 16.3. The number of unbranched alkanes of at least 4 members (excludes halogenated alkanes) is 1. The second kappa shape index (κ2) is 15.8. The molecule has 3 aromatic rings. The maximum Gasteiger partial charge on any atom is 0.244 e. The van der Waals surface area contributed by atoms with E-state index in [0.717, 1.165) is 29.0 Å². The van der Waals surface area contributed by atoms with Crippen molar-refractivity contribution >= 4 is 50.7 Å². The van der Waals surface area contributed by atoms with Crippen LogP contribution >= 0.6 is 23.2 Å². The molecule has 1 unspecified atom stereocenters. The zero-order valence-electron chi connectivity index (χ0n) is 24.7. The SMILES string of the molecule is CCCCNC(=O)C(Cc1ccccc1)N(Cc1ccc(Cl)cc1Cl)C(=O)CN(c1ccc(OC)c(OC)c1)S(C)(=O)=O. The molecule has 1 N–H and O–H groups in total. The molecule has 0 radical (unpaired) electrons. The van der Waals surface area contributed by atoms with Gasteiger partial charge in [-0.3, -0.25) is 13.9 Å². The predicted octanol–water partition coefficient (Wildman–Crippen LogP) is 5.33. The molecule has 0 aliphatic heterocycles. The van der Waals surface area contributed by atoms with E-state index in [0.29, 0.717) is 33.7 Å². The van der Waals surface area contributed by atoms with E-state index in [9.17, 15) is 18.0 Å². The van der Waals surface area contributed by atoms with Crippen molar-refractivity contribution in [2.24, 2.45) is 0 Å². The highest BCUT2D eigenvalue weighted by atomic mass is 35.5. The third-order valence-corrected chi connectivity index (χ3v) is 8.52. The van der Waals surface area contributed by atoms with E-state index in [1.54, 1.807) is 24.3 Å². The lowest BCUT2D eigenvalue weighted by Gasteiger charge is -2.33. The van der Waals surface area contributed by atoms with Gasteiger partial charge in [-0.1, -0.05) is 72.9 Å². The summed E-state index contributed by atoms with van der Waals surface area (Å²) >= 11 is 12.6. The topological polar surface area (TPSA) is 105 Å². The Kier molecular flexibility index (Phi) is 12.5. The average molecular weight is 651 g/mol. The highest BCUT2D eigenvalue weighted by molar-refractivity contribution is 7.92. The molecule has 0 aliphatic rings. The number of benzene rings is 3. The quantitative estimate of drug-likeness (QED) is 0.223. The Morgan fingerprint density at radius 2 is 1.65 bits per heavy atom. The Hall–Kier alpha value is -3.47. The van der Waals surface area contributed by atoms with Gasteiger partial charge in [0.1, 0.15) is 12.6 Å². The molecule has 0 aromatic heterocycles. The minimum Gasteiger partial charge on any atom is -0.493 e. The second-order valence-corrected chi connectivity index (χ2v) is 12.7. The number of amides is 2. The van der Waals surface area contributed by atoms with Crippen molar-refractivity contribution in [2.45, 2.75) is 38.8 Å².